The Hall–Kier alpha value is -0.540. The van der Waals surface area contributed by atoms with Crippen molar-refractivity contribution in [3.05, 3.63) is 23.9 Å². The molecule has 0 amide bonds. The van der Waals surface area contributed by atoms with E-state index in [-0.39, 0.29) is 0 Å². The zero-order valence-electron chi connectivity index (χ0n) is 9.44. The van der Waals surface area contributed by atoms with Crippen LogP contribution in [0, 0.1) is 0 Å². The Balaban J connectivity index is 2.43. The van der Waals surface area contributed by atoms with Gasteiger partial charge in [-0.25, -0.2) is 4.98 Å². The number of thioether (sulfide) groups is 1. The molecule has 0 spiro atoms. The molecule has 2 nitrogen and oxygen atoms in total. The number of hydrogen-bond acceptors (Lipinski definition) is 3. The van der Waals surface area contributed by atoms with Gasteiger partial charge in [0, 0.05) is 6.20 Å². The van der Waals surface area contributed by atoms with Crippen LogP contribution in [0.3, 0.4) is 0 Å². The summed E-state index contributed by atoms with van der Waals surface area (Å²) in [4.78, 5) is 4.27. The molecular weight excluding hydrogens is 206 g/mol. The number of nitrogens with zero attached hydrogens (tertiary/aromatic N) is 1. The number of aliphatic hydroxyl groups excluding tert-OH is 1. The molecule has 0 aliphatic heterocycles. The zero-order valence-corrected chi connectivity index (χ0v) is 10.3. The van der Waals surface area contributed by atoms with Gasteiger partial charge in [0.05, 0.1) is 11.1 Å². The van der Waals surface area contributed by atoms with Crippen molar-refractivity contribution in [3.63, 3.8) is 0 Å². The van der Waals surface area contributed by atoms with Crippen LogP contribution in [0.2, 0.25) is 0 Å². The minimum Gasteiger partial charge on any atom is -0.389 e. The van der Waals surface area contributed by atoms with Crippen LogP contribution in [0.4, 0.5) is 0 Å². The van der Waals surface area contributed by atoms with E-state index in [9.17, 15) is 5.11 Å². The number of aromatic nitrogens is 1. The van der Waals surface area contributed by atoms with Crippen LogP contribution >= 0.6 is 11.8 Å². The van der Waals surface area contributed by atoms with Gasteiger partial charge in [-0.05, 0) is 36.8 Å². The summed E-state index contributed by atoms with van der Waals surface area (Å²) in [6.07, 6.45) is 5.14. The molecule has 15 heavy (non-hydrogen) atoms. The fourth-order valence-electron chi connectivity index (χ4n) is 1.29. The molecule has 0 aliphatic carbocycles. The van der Waals surface area contributed by atoms with Gasteiger partial charge in [0.25, 0.3) is 0 Å². The summed E-state index contributed by atoms with van der Waals surface area (Å²) in [7, 11) is 0. The molecule has 1 aromatic rings. The largest absolute Gasteiger partial charge is 0.389 e. The molecule has 84 valence electrons. The lowest BCUT2D eigenvalue weighted by molar-refractivity contribution is 0.199. The molecule has 1 N–H and O–H groups in total. The number of pyridine rings is 1. The quantitative estimate of drug-likeness (QED) is 0.595. The second-order valence-electron chi connectivity index (χ2n) is 3.66. The SMILES string of the molecule is CCCCCSc1cc([C@@H](C)O)ccn1. The molecule has 0 saturated heterocycles. The van der Waals surface area contributed by atoms with Gasteiger partial charge >= 0.3 is 0 Å². The van der Waals surface area contributed by atoms with Crippen molar-refractivity contribution in [1.29, 1.82) is 0 Å². The fraction of sp³-hybridized carbons (Fsp3) is 0.583. The molecule has 0 radical (unpaired) electrons. The van der Waals surface area contributed by atoms with E-state index in [4.69, 9.17) is 0 Å². The minimum absolute atomic E-state index is 0.400. The van der Waals surface area contributed by atoms with E-state index in [2.05, 4.69) is 11.9 Å². The Morgan fingerprint density at radius 3 is 2.93 bits per heavy atom. The van der Waals surface area contributed by atoms with Gasteiger partial charge in [-0.1, -0.05) is 19.8 Å². The smallest absolute Gasteiger partial charge is 0.0963 e. The first-order chi connectivity index (χ1) is 7.24. The molecule has 1 rings (SSSR count). The highest BCUT2D eigenvalue weighted by Crippen LogP contribution is 2.20. The van der Waals surface area contributed by atoms with Gasteiger partial charge in [0.2, 0.25) is 0 Å². The van der Waals surface area contributed by atoms with Crippen LogP contribution in [-0.4, -0.2) is 15.8 Å². The minimum atomic E-state index is -0.400. The lowest BCUT2D eigenvalue weighted by atomic mass is 10.2. The fourth-order valence-corrected chi connectivity index (χ4v) is 2.20. The number of hydrogen-bond donors (Lipinski definition) is 1. The van der Waals surface area contributed by atoms with Crippen LogP contribution in [-0.2, 0) is 0 Å². The van der Waals surface area contributed by atoms with Gasteiger partial charge in [-0.15, -0.1) is 11.8 Å². The van der Waals surface area contributed by atoms with E-state index >= 15 is 0 Å². The maximum Gasteiger partial charge on any atom is 0.0963 e. The first-order valence-electron chi connectivity index (χ1n) is 5.51. The summed E-state index contributed by atoms with van der Waals surface area (Å²) < 4.78 is 0. The predicted molar refractivity (Wildman–Crippen MR) is 65.1 cm³/mol. The van der Waals surface area contributed by atoms with Crippen LogP contribution in [0.15, 0.2) is 23.4 Å². The highest BCUT2D eigenvalue weighted by atomic mass is 32.2. The topological polar surface area (TPSA) is 33.1 Å². The molecule has 0 bridgehead atoms. The third kappa shape index (κ3) is 4.67. The van der Waals surface area contributed by atoms with Crippen molar-refractivity contribution in [2.24, 2.45) is 0 Å². The van der Waals surface area contributed by atoms with E-state index in [0.29, 0.717) is 0 Å². The Bertz CT molecular complexity index is 289. The lowest BCUT2D eigenvalue weighted by Crippen LogP contribution is -1.92. The van der Waals surface area contributed by atoms with Crippen molar-refractivity contribution >= 4 is 11.8 Å². The molecule has 1 heterocycles. The Morgan fingerprint density at radius 1 is 1.47 bits per heavy atom. The highest BCUT2D eigenvalue weighted by Gasteiger charge is 2.02. The zero-order chi connectivity index (χ0) is 11.1. The van der Waals surface area contributed by atoms with Crippen LogP contribution in [0.25, 0.3) is 0 Å². The molecule has 1 aromatic heterocycles. The number of aliphatic hydroxyl groups is 1. The van der Waals surface area contributed by atoms with Crippen molar-refractivity contribution in [3.8, 4) is 0 Å². The van der Waals surface area contributed by atoms with E-state index in [1.54, 1.807) is 24.9 Å². The monoisotopic (exact) mass is 225 g/mol. The van der Waals surface area contributed by atoms with Gasteiger partial charge < -0.3 is 5.11 Å². The lowest BCUT2D eigenvalue weighted by Gasteiger charge is -2.06. The van der Waals surface area contributed by atoms with E-state index in [0.717, 1.165) is 16.3 Å². The third-order valence-electron chi connectivity index (χ3n) is 2.24. The van der Waals surface area contributed by atoms with Crippen LogP contribution in [0.1, 0.15) is 44.8 Å². The Labute approximate surface area is 96.1 Å². The van der Waals surface area contributed by atoms with Gasteiger partial charge in [-0.3, -0.25) is 0 Å². The van der Waals surface area contributed by atoms with Crippen molar-refractivity contribution in [2.45, 2.75) is 44.2 Å². The Kier molecular flexibility index (Phi) is 5.73. The number of rotatable bonds is 6. The molecule has 0 unspecified atom stereocenters. The molecule has 1 atom stereocenters. The molecule has 0 fully saturated rings. The third-order valence-corrected chi connectivity index (χ3v) is 3.25. The van der Waals surface area contributed by atoms with Gasteiger partial charge in [0.15, 0.2) is 0 Å². The second kappa shape index (κ2) is 6.85. The van der Waals surface area contributed by atoms with E-state index in [1.165, 1.54) is 19.3 Å². The standard InChI is InChI=1S/C12H19NOS/c1-3-4-5-8-15-12-9-11(10(2)14)6-7-13-12/h6-7,9-10,14H,3-5,8H2,1-2H3/t10-/m1/s1. The second-order valence-corrected chi connectivity index (χ2v) is 4.77. The maximum absolute atomic E-state index is 9.42. The molecule has 0 aromatic carbocycles. The normalized spacial score (nSPS) is 12.7. The first kappa shape index (κ1) is 12.5. The first-order valence-corrected chi connectivity index (χ1v) is 6.49. The van der Waals surface area contributed by atoms with E-state index < -0.39 is 6.10 Å². The number of unbranched alkanes of at least 4 members (excludes halogenated alkanes) is 2. The summed E-state index contributed by atoms with van der Waals surface area (Å²) in [5.74, 6) is 1.12. The van der Waals surface area contributed by atoms with Crippen molar-refractivity contribution in [2.75, 3.05) is 5.75 Å². The summed E-state index contributed by atoms with van der Waals surface area (Å²) in [6.45, 7) is 3.98. The van der Waals surface area contributed by atoms with E-state index in [1.807, 2.05) is 12.1 Å². The highest BCUT2D eigenvalue weighted by molar-refractivity contribution is 7.99. The van der Waals surface area contributed by atoms with Crippen molar-refractivity contribution < 1.29 is 5.11 Å². The Morgan fingerprint density at radius 2 is 2.27 bits per heavy atom. The summed E-state index contributed by atoms with van der Waals surface area (Å²) in [5.41, 5.74) is 0.947. The molecule has 3 heteroatoms. The van der Waals surface area contributed by atoms with Crippen LogP contribution < -0.4 is 0 Å². The average Bonchev–Trinajstić information content (AvgIpc) is 2.25. The predicted octanol–water partition coefficient (Wildman–Crippen LogP) is 3.42. The average molecular weight is 225 g/mol. The van der Waals surface area contributed by atoms with Crippen LogP contribution in [0.5, 0.6) is 0 Å². The maximum atomic E-state index is 9.42. The molecule has 0 saturated carbocycles. The summed E-state index contributed by atoms with van der Waals surface area (Å²) in [5, 5.41) is 10.4. The van der Waals surface area contributed by atoms with Crippen molar-refractivity contribution in [1.82, 2.24) is 4.98 Å². The van der Waals surface area contributed by atoms with Gasteiger partial charge in [-0.2, -0.15) is 0 Å². The summed E-state index contributed by atoms with van der Waals surface area (Å²) >= 11 is 1.77. The molecule has 0 aliphatic rings. The summed E-state index contributed by atoms with van der Waals surface area (Å²) in [6, 6.07) is 3.84. The molecular formula is C12H19NOS. The van der Waals surface area contributed by atoms with Gasteiger partial charge in [0.1, 0.15) is 0 Å².